The number of nitrogens with one attached hydrogen (secondary N) is 3. The average molecular weight is 2300 g/mol. The maximum absolute atomic E-state index is 11.8. The van der Waals surface area contributed by atoms with Gasteiger partial charge in [0.25, 0.3) is 11.8 Å². The van der Waals surface area contributed by atoms with E-state index in [0.717, 1.165) is 11.1 Å². The van der Waals surface area contributed by atoms with Crippen LogP contribution in [0, 0.1) is 0 Å². The number of ether oxygens (including phenoxy) is 8. The summed E-state index contributed by atoms with van der Waals surface area (Å²) >= 11 is 51.2. The van der Waals surface area contributed by atoms with E-state index in [1.165, 1.54) is 62.8 Å². The molecule has 0 radical (unpaired) electrons. The van der Waals surface area contributed by atoms with Crippen molar-refractivity contribution in [3.63, 3.8) is 0 Å². The first-order chi connectivity index (χ1) is 70.7. The van der Waals surface area contributed by atoms with Gasteiger partial charge in [-0.15, -0.1) is 0 Å². The van der Waals surface area contributed by atoms with E-state index in [2.05, 4.69) is 25.1 Å². The number of aliphatic carboxylic acids is 1. The number of phenolic OH excluding ortho intramolecular Hbond substituents is 3. The molecule has 12 aromatic rings. The number of carbonyl (C=O) groups excluding carboxylic acids is 10. The number of carbonyl (C=O) groups is 10. The van der Waals surface area contributed by atoms with Gasteiger partial charge < -0.3 is 103 Å². The number of pyridine rings is 1. The summed E-state index contributed by atoms with van der Waals surface area (Å²) in [6.45, 7) is 1.13. The van der Waals surface area contributed by atoms with Gasteiger partial charge in [0.1, 0.15) is 92.8 Å². The van der Waals surface area contributed by atoms with Gasteiger partial charge in [-0.3, -0.25) is 47.5 Å². The SMILES string of the molecule is CCC(=O)CCC(=O)CCC(=O)CCOc1ccc2c(c1)OCO2.CCC(=O)CCC(=O)CCC(=O)CCOc1ccc2c(c1)OCO2.COP(=S)(OC)Oc1cc(Cl)c(Cl)cc1Cl.NC(=O)Nc1ccccc1.O=C(Nc1ccccc1)c1ccccc1O.O=C(Nc1ccccc1)c1ccccc1O.O=C([O-])CCOc1cc(Cl)c(Cl)cc1Cl.O=S(=O)([O-])OCCOc1ccc(Cl)cc1Cl.Oc1cccc2cccnc12.[Na+].[Na+]. The minimum absolute atomic E-state index is 0. The van der Waals surface area contributed by atoms with Gasteiger partial charge in [0, 0.05) is 173 Å². The van der Waals surface area contributed by atoms with Gasteiger partial charge in [-0.1, -0.05) is 204 Å². The van der Waals surface area contributed by atoms with Crippen molar-refractivity contribution < 1.29 is 196 Å². The fourth-order valence-electron chi connectivity index (χ4n) is 11.6. The van der Waals surface area contributed by atoms with Crippen molar-refractivity contribution >= 4 is 208 Å². The third-order valence-corrected chi connectivity index (χ3v) is 24.6. The summed E-state index contributed by atoms with van der Waals surface area (Å²) in [4.78, 5) is 117. The van der Waals surface area contributed by atoms with Gasteiger partial charge in [0.05, 0.1) is 72.7 Å². The zero-order valence-electron chi connectivity index (χ0n) is 81.7. The van der Waals surface area contributed by atoms with Crippen LogP contribution in [-0.4, -0.2) is 153 Å². The Morgan fingerprint density at radius 3 is 1.19 bits per heavy atom. The van der Waals surface area contributed by atoms with E-state index in [1.54, 1.807) is 147 Å². The number of primary amides is 1. The summed E-state index contributed by atoms with van der Waals surface area (Å²) in [5.74, 6) is 3.17. The van der Waals surface area contributed by atoms with E-state index in [0.29, 0.717) is 101 Å². The first kappa shape index (κ1) is 131. The Labute approximate surface area is 955 Å². The number of hydrogen-bond acceptors (Lipinski definition) is 31. The van der Waals surface area contributed by atoms with E-state index >= 15 is 0 Å². The summed E-state index contributed by atoms with van der Waals surface area (Å²) in [6, 6.07) is 69.6. The van der Waals surface area contributed by atoms with Crippen molar-refractivity contribution in [2.75, 3.05) is 76.8 Å². The molecular weight excluding hydrogens is 2200 g/mol. The van der Waals surface area contributed by atoms with Crippen LogP contribution in [0.1, 0.15) is 118 Å². The molecule has 150 heavy (non-hydrogen) atoms. The van der Waals surface area contributed by atoms with Crippen molar-refractivity contribution in [2.24, 2.45) is 5.73 Å². The number of halogens is 8. The van der Waals surface area contributed by atoms with E-state index in [1.807, 2.05) is 72.8 Å². The van der Waals surface area contributed by atoms with E-state index in [9.17, 15) is 81.3 Å². The number of nitrogens with zero attached hydrogens (tertiary/aromatic N) is 1. The number of hydrogen-bond donors (Lipinski definition) is 7. The quantitative estimate of drug-likeness (QED) is 0.00468. The van der Waals surface area contributed by atoms with Gasteiger partial charge in [0.15, 0.2) is 23.0 Å². The van der Waals surface area contributed by atoms with E-state index in [4.69, 9.17) is 162 Å². The number of phenols is 3. The standard InChI is InChI=1S/2C18H22O6.2C13H11NO2.C9H7Cl3O3.C9H7NO.C8H8Cl3O3PS.C8H8Cl2O5S.C7H8N2O.2Na/c2*1-2-13(19)3-4-14(20)5-6-15(21)9-10-22-16-7-8-17-18(11-16)24-12-23-17;2*15-12-9-5-4-8-11(12)13(16)14-10-6-2-1-3-7-10;10-5-3-7(12)8(4-6(5)11)15-2-1-9(13)14;11-8-5-1-3-7-4-2-6-10-9(7)8;1-12-15(16,13-2)14-8-4-6(10)5(9)3-7(8)11;9-6-1-2-8(7(10)5-6)14-3-4-15-16(11,12)13;8-7(10)9-6-4-2-1-3-5-6;;/h2*7-8,11H,2-6,9-10,12H2,1H3;2*1-9,15H,(H,14,16);3-4H,1-2H2,(H,13,14);1-6,11H;3-4H,1-2H3;1-2,5H,3-4H2,(H,11,12,13);1-5H,(H3,8,9,10);;/q;;;;;;;;;2*+1/p-2. The molecule has 47 heteroatoms. The number of aromatic hydroxyl groups is 3. The molecule has 14 rings (SSSR count). The number of carboxylic acids is 1. The first-order valence-corrected chi connectivity index (χ1v) is 51.4. The molecule has 34 nitrogen and oxygen atoms in total. The number of nitrogens with two attached hydrogens (primary N) is 1. The van der Waals surface area contributed by atoms with Gasteiger partial charge in [-0.25, -0.2) is 13.2 Å². The molecule has 0 saturated heterocycles. The zero-order valence-corrected chi connectivity index (χ0v) is 94.2. The molecule has 2 aliphatic rings. The van der Waals surface area contributed by atoms with Crippen LogP contribution < -0.4 is 128 Å². The van der Waals surface area contributed by atoms with Crippen LogP contribution in [0.4, 0.5) is 21.9 Å². The molecule has 0 unspecified atom stereocenters. The van der Waals surface area contributed by atoms with E-state index < -0.39 is 29.1 Å². The Morgan fingerprint density at radius 1 is 0.400 bits per heavy atom. The number of fused-ring (bicyclic) bond motifs is 3. The monoisotopic (exact) mass is 2290 g/mol. The third kappa shape index (κ3) is 52.3. The van der Waals surface area contributed by atoms with Gasteiger partial charge >= 0.3 is 71.9 Å². The maximum atomic E-state index is 11.8. The minimum Gasteiger partial charge on any atom is -0.726 e. The number of Topliss-reactive ketones (excluding diaryl/α,β-unsaturated/α-hetero) is 6. The molecule has 4 amide bonds. The molecule has 1 aromatic heterocycles. The molecule has 0 bridgehead atoms. The Morgan fingerprint density at radius 2 is 0.773 bits per heavy atom. The predicted octanol–water partition coefficient (Wildman–Crippen LogP) is 16.7. The summed E-state index contributed by atoms with van der Waals surface area (Å²) in [7, 11) is -1.88. The third-order valence-electron chi connectivity index (χ3n) is 19.2. The summed E-state index contributed by atoms with van der Waals surface area (Å²) in [5.41, 5.74) is 8.20. The minimum atomic E-state index is -4.68. The van der Waals surface area contributed by atoms with Crippen molar-refractivity contribution in [2.45, 2.75) is 97.3 Å². The largest absolute Gasteiger partial charge is 1.00 e. The number of anilines is 3. The molecule has 0 spiro atoms. The second kappa shape index (κ2) is 71.7. The topological polar surface area (TPSA) is 497 Å². The Balaban J connectivity index is 0.000000354. The normalized spacial score (nSPS) is 10.7. The molecular formula is C103H102Cl8N5Na2O29PS2. The second-order valence-electron chi connectivity index (χ2n) is 30.0. The summed E-state index contributed by atoms with van der Waals surface area (Å²) in [5, 5.41) is 49.8. The van der Waals surface area contributed by atoms with Crippen LogP contribution in [-0.2, 0) is 69.0 Å². The number of urea groups is 1. The molecule has 788 valence electrons. The van der Waals surface area contributed by atoms with Crippen molar-refractivity contribution in [3.05, 3.63) is 306 Å². The molecule has 8 N–H and O–H groups in total. The zero-order chi connectivity index (χ0) is 109. The molecule has 0 atom stereocenters. The van der Waals surface area contributed by atoms with Crippen molar-refractivity contribution in [3.8, 4) is 69.0 Å². The predicted molar refractivity (Wildman–Crippen MR) is 566 cm³/mol. The van der Waals surface area contributed by atoms with Crippen LogP contribution in [0.3, 0.4) is 0 Å². The van der Waals surface area contributed by atoms with E-state index in [-0.39, 0.29) is 272 Å². The fraction of sp³-hybridized carbons (Fsp3) is 0.233. The number of ketones is 6. The molecule has 0 aliphatic carbocycles. The molecule has 0 fully saturated rings. The summed E-state index contributed by atoms with van der Waals surface area (Å²) in [6.07, 6.45) is 4.64. The number of benzene rings is 11. The maximum Gasteiger partial charge on any atom is 1.00 e. The number of carboxylic acid groups (broad SMARTS) is 1. The number of rotatable bonds is 40. The van der Waals surface area contributed by atoms with Gasteiger partial charge in [-0.2, -0.15) is 0 Å². The van der Waals surface area contributed by atoms with Crippen LogP contribution in [0.15, 0.2) is 255 Å². The molecule has 11 aromatic carbocycles. The van der Waals surface area contributed by atoms with Crippen LogP contribution in [0.2, 0.25) is 40.2 Å². The Bertz CT molecular complexity index is 6360. The fourth-order valence-corrected chi connectivity index (χ4v) is 14.5. The second-order valence-corrected chi connectivity index (χ2v) is 37.5. The van der Waals surface area contributed by atoms with Crippen LogP contribution in [0.5, 0.6) is 69.0 Å². The van der Waals surface area contributed by atoms with Crippen LogP contribution in [0.25, 0.3) is 10.9 Å². The van der Waals surface area contributed by atoms with Gasteiger partial charge in [-0.05, 0) is 127 Å². The van der Waals surface area contributed by atoms with Crippen LogP contribution >= 0.6 is 99.5 Å². The number of amides is 4. The Kier molecular flexibility index (Phi) is 62.7. The number of aromatic nitrogens is 1. The molecule has 0 saturated carbocycles. The molecule has 2 aliphatic heterocycles. The van der Waals surface area contributed by atoms with Crippen molar-refractivity contribution in [1.29, 1.82) is 0 Å². The Hall–Kier alpha value is -11.1. The van der Waals surface area contributed by atoms with Crippen molar-refractivity contribution in [1.82, 2.24) is 4.98 Å². The average Bonchev–Trinajstić information content (AvgIpc) is 1.33. The smallest absolute Gasteiger partial charge is 0.726 e. The number of para-hydroxylation sites is 6. The summed E-state index contributed by atoms with van der Waals surface area (Å²) < 4.78 is 91.6. The first-order valence-electron chi connectivity index (χ1n) is 44.5. The van der Waals surface area contributed by atoms with Gasteiger partial charge in [0.2, 0.25) is 24.0 Å². The molecule has 3 heterocycles.